The van der Waals surface area contributed by atoms with E-state index in [9.17, 15) is 9.90 Å². The number of carbonyl (C=O) groups is 1. The van der Waals surface area contributed by atoms with Crippen LogP contribution in [0.4, 0.5) is 0 Å². The minimum absolute atomic E-state index is 0.521. The van der Waals surface area contributed by atoms with Crippen molar-refractivity contribution in [3.63, 3.8) is 0 Å². The molecular weight excluding hydrogens is 400 g/mol. The van der Waals surface area contributed by atoms with E-state index < -0.39 is 17.7 Å². The molecule has 0 radical (unpaired) electrons. The number of hydrogen-bond donors (Lipinski definition) is 1. The lowest BCUT2D eigenvalue weighted by atomic mass is 9.85. The maximum absolute atomic E-state index is 12.5. The molecule has 3 aliphatic rings. The van der Waals surface area contributed by atoms with Crippen LogP contribution in [0, 0.1) is 18.8 Å². The molecule has 1 N–H and O–H groups in total. The lowest BCUT2D eigenvalue weighted by Gasteiger charge is -2.29. The van der Waals surface area contributed by atoms with Crippen molar-refractivity contribution in [1.82, 2.24) is 0 Å². The van der Waals surface area contributed by atoms with Crippen LogP contribution in [-0.4, -0.2) is 23.3 Å². The molecule has 0 amide bonds. The van der Waals surface area contributed by atoms with Gasteiger partial charge in [0.15, 0.2) is 6.10 Å². The molecule has 4 heteroatoms. The summed E-state index contributed by atoms with van der Waals surface area (Å²) in [5.74, 6) is 2.15. The highest BCUT2D eigenvalue weighted by atomic mass is 16.5. The quantitative estimate of drug-likeness (QED) is 0.568. The number of benzene rings is 2. The molecule has 2 aromatic rings. The zero-order chi connectivity index (χ0) is 22.6. The first-order valence-electron chi connectivity index (χ1n) is 12.0. The molecule has 2 aliphatic carbocycles. The molecule has 2 aromatic carbocycles. The van der Waals surface area contributed by atoms with Crippen molar-refractivity contribution < 1.29 is 19.4 Å². The monoisotopic (exact) mass is 434 g/mol. The van der Waals surface area contributed by atoms with E-state index in [0.717, 1.165) is 59.3 Å². The van der Waals surface area contributed by atoms with Gasteiger partial charge >= 0.3 is 5.97 Å². The van der Waals surface area contributed by atoms with Gasteiger partial charge in [-0.15, -0.1) is 0 Å². The maximum atomic E-state index is 12.5. The molecule has 3 atom stereocenters. The van der Waals surface area contributed by atoms with E-state index in [-0.39, 0.29) is 0 Å². The van der Waals surface area contributed by atoms with E-state index in [1.807, 2.05) is 27.7 Å². The lowest BCUT2D eigenvalue weighted by molar-refractivity contribution is -0.160. The van der Waals surface area contributed by atoms with Gasteiger partial charge in [-0.3, -0.25) is 0 Å². The Hall–Kier alpha value is -2.33. The van der Waals surface area contributed by atoms with Crippen molar-refractivity contribution in [1.29, 1.82) is 0 Å². The number of rotatable bonds is 6. The second kappa shape index (κ2) is 7.91. The highest BCUT2D eigenvalue weighted by Gasteiger charge is 2.49. The fourth-order valence-corrected chi connectivity index (χ4v) is 5.43. The molecule has 5 rings (SSSR count). The van der Waals surface area contributed by atoms with Crippen LogP contribution in [0.2, 0.25) is 0 Å². The van der Waals surface area contributed by atoms with Gasteiger partial charge in [0.25, 0.3) is 0 Å². The van der Waals surface area contributed by atoms with Crippen molar-refractivity contribution in [2.45, 2.75) is 77.4 Å². The molecule has 2 saturated carbocycles. The van der Waals surface area contributed by atoms with E-state index in [1.165, 1.54) is 30.4 Å². The highest BCUT2D eigenvalue weighted by Crippen LogP contribution is 2.61. The van der Waals surface area contributed by atoms with Gasteiger partial charge in [0.2, 0.25) is 0 Å². The first-order chi connectivity index (χ1) is 15.2. The lowest BCUT2D eigenvalue weighted by Crippen LogP contribution is -2.28. The van der Waals surface area contributed by atoms with Crippen LogP contribution in [0.25, 0.3) is 11.1 Å². The second-order valence-corrected chi connectivity index (χ2v) is 10.8. The first-order valence-corrected chi connectivity index (χ1v) is 12.0. The fourth-order valence-electron chi connectivity index (χ4n) is 5.43. The molecule has 32 heavy (non-hydrogen) atoms. The van der Waals surface area contributed by atoms with Gasteiger partial charge < -0.3 is 14.6 Å². The van der Waals surface area contributed by atoms with Gasteiger partial charge in [-0.1, -0.05) is 18.2 Å². The predicted molar refractivity (Wildman–Crippen MR) is 125 cm³/mol. The van der Waals surface area contributed by atoms with Crippen LogP contribution in [0.3, 0.4) is 0 Å². The van der Waals surface area contributed by atoms with E-state index in [1.54, 1.807) is 0 Å². The van der Waals surface area contributed by atoms with Crippen molar-refractivity contribution in [2.75, 3.05) is 6.61 Å². The van der Waals surface area contributed by atoms with Crippen molar-refractivity contribution in [3.8, 4) is 16.9 Å². The molecule has 1 aliphatic heterocycles. The molecule has 0 saturated heterocycles. The van der Waals surface area contributed by atoms with Gasteiger partial charge in [-0.05, 0) is 118 Å². The van der Waals surface area contributed by atoms with Crippen molar-refractivity contribution in [2.24, 2.45) is 11.8 Å². The minimum Gasteiger partial charge on any atom is -0.493 e. The average molecular weight is 435 g/mol. The number of carboxylic acids is 1. The summed E-state index contributed by atoms with van der Waals surface area (Å²) in [6, 6.07) is 10.7. The Morgan fingerprint density at radius 3 is 2.66 bits per heavy atom. The molecule has 170 valence electrons. The molecule has 4 nitrogen and oxygen atoms in total. The van der Waals surface area contributed by atoms with E-state index in [2.05, 4.69) is 30.3 Å². The van der Waals surface area contributed by atoms with Gasteiger partial charge in [0.1, 0.15) is 5.75 Å². The average Bonchev–Trinajstić information content (AvgIpc) is 3.64. The van der Waals surface area contributed by atoms with E-state index >= 15 is 0 Å². The van der Waals surface area contributed by atoms with Gasteiger partial charge in [0.05, 0.1) is 12.2 Å². The Balaban J connectivity index is 1.68. The number of fused-ring (bicyclic) bond motifs is 1. The summed E-state index contributed by atoms with van der Waals surface area (Å²) >= 11 is 0. The Labute approximate surface area is 190 Å². The zero-order valence-electron chi connectivity index (χ0n) is 19.6. The third kappa shape index (κ3) is 4.17. The van der Waals surface area contributed by atoms with Gasteiger partial charge in [-0.2, -0.15) is 0 Å². The number of aryl methyl sites for hydroxylation is 2. The number of hydrogen-bond acceptors (Lipinski definition) is 3. The van der Waals surface area contributed by atoms with Gasteiger partial charge in [0, 0.05) is 5.56 Å². The number of carboxylic acid groups (broad SMARTS) is 1. The number of aliphatic carboxylic acids is 1. The van der Waals surface area contributed by atoms with Crippen molar-refractivity contribution in [3.05, 3.63) is 52.6 Å². The Morgan fingerprint density at radius 1 is 1.19 bits per heavy atom. The highest BCUT2D eigenvalue weighted by molar-refractivity contribution is 5.83. The van der Waals surface area contributed by atoms with Crippen LogP contribution >= 0.6 is 0 Å². The second-order valence-electron chi connectivity index (χ2n) is 10.8. The summed E-state index contributed by atoms with van der Waals surface area (Å²) in [6.45, 7) is 8.53. The third-order valence-corrected chi connectivity index (χ3v) is 7.12. The van der Waals surface area contributed by atoms with E-state index in [0.29, 0.717) is 5.92 Å². The van der Waals surface area contributed by atoms with Crippen LogP contribution in [-0.2, 0) is 16.0 Å². The summed E-state index contributed by atoms with van der Waals surface area (Å²) in [5, 5.41) is 10.2. The molecule has 2 unspecified atom stereocenters. The largest absolute Gasteiger partial charge is 0.493 e. The van der Waals surface area contributed by atoms with Crippen LogP contribution in [0.15, 0.2) is 30.3 Å². The molecule has 0 aromatic heterocycles. The summed E-state index contributed by atoms with van der Waals surface area (Å²) in [7, 11) is 0. The Bertz CT molecular complexity index is 1040. The molecule has 0 bridgehead atoms. The van der Waals surface area contributed by atoms with Crippen molar-refractivity contribution >= 4 is 5.97 Å². The van der Waals surface area contributed by atoms with Crippen LogP contribution in [0.1, 0.15) is 80.7 Å². The normalized spacial score (nSPS) is 23.2. The number of ether oxygens (including phenoxy) is 2. The molecule has 2 fully saturated rings. The smallest absolute Gasteiger partial charge is 0.337 e. The SMILES string of the molecule is Cc1ccc(C2C[C@H]2C2CC2)c(-c2ccc3c(c2)CCCO3)c1C(OC(C)(C)C)C(=O)O. The fraction of sp³-hybridized carbons (Fsp3) is 0.536. The third-order valence-electron chi connectivity index (χ3n) is 7.12. The first kappa shape index (κ1) is 21.5. The zero-order valence-corrected chi connectivity index (χ0v) is 19.6. The maximum Gasteiger partial charge on any atom is 0.337 e. The summed E-state index contributed by atoms with van der Waals surface area (Å²) < 4.78 is 12.0. The van der Waals surface area contributed by atoms with Crippen LogP contribution < -0.4 is 4.74 Å². The predicted octanol–water partition coefficient (Wildman–Crippen LogP) is 6.44. The van der Waals surface area contributed by atoms with Gasteiger partial charge in [-0.25, -0.2) is 4.79 Å². The Morgan fingerprint density at radius 2 is 1.97 bits per heavy atom. The topological polar surface area (TPSA) is 55.8 Å². The molecule has 1 heterocycles. The Kier molecular flexibility index (Phi) is 5.32. The standard InChI is InChI=1S/C28H34O4/c1-16-7-11-20(22-15-21(22)17-8-9-17)25(24(16)26(27(29)30)32-28(2,3)4)19-10-12-23-18(14-19)6-5-13-31-23/h7,10-12,14,17,21-22,26H,5-6,8-9,13,15H2,1-4H3,(H,29,30)/t21-,22?,26?/m0/s1. The summed E-state index contributed by atoms with van der Waals surface area (Å²) in [6.07, 6.45) is 4.91. The molecular formula is C28H34O4. The molecule has 0 spiro atoms. The van der Waals surface area contributed by atoms with E-state index in [4.69, 9.17) is 9.47 Å². The van der Waals surface area contributed by atoms with Crippen LogP contribution in [0.5, 0.6) is 5.75 Å². The summed E-state index contributed by atoms with van der Waals surface area (Å²) in [4.78, 5) is 12.5. The minimum atomic E-state index is -1.00. The summed E-state index contributed by atoms with van der Waals surface area (Å²) in [5.41, 5.74) is 5.88.